The van der Waals surface area contributed by atoms with Crippen LogP contribution in [-0.2, 0) is 14.3 Å². The maximum Gasteiger partial charge on any atom is 0.320 e. The van der Waals surface area contributed by atoms with Crippen LogP contribution in [-0.4, -0.2) is 29.0 Å². The number of cyclic esters (lactones) is 2. The molecule has 6 nitrogen and oxygen atoms in total. The fraction of sp³-hybridized carbons (Fsp3) is 0.185. The summed E-state index contributed by atoms with van der Waals surface area (Å²) in [6.07, 6.45) is 0. The van der Waals surface area contributed by atoms with E-state index in [1.165, 1.54) is 0 Å². The van der Waals surface area contributed by atoms with E-state index in [1.54, 1.807) is 47.4 Å². The molecule has 2 saturated heterocycles. The Morgan fingerprint density at radius 2 is 1.43 bits per heavy atom. The van der Waals surface area contributed by atoms with Gasteiger partial charge in [-0.1, -0.05) is 77.3 Å². The Bertz CT molecular complexity index is 1430. The first kappa shape index (κ1) is 22.0. The molecule has 3 aliphatic rings. The zero-order valence-corrected chi connectivity index (χ0v) is 19.8. The number of ketones is 2. The summed E-state index contributed by atoms with van der Waals surface area (Å²) in [6, 6.07) is 17.8. The van der Waals surface area contributed by atoms with E-state index >= 15 is 0 Å². The molecular formula is C27H17Cl2NO5. The number of ether oxygens (including phenoxy) is 1. The van der Waals surface area contributed by atoms with Crippen molar-refractivity contribution in [2.45, 2.75) is 18.5 Å². The third-order valence-electron chi connectivity index (χ3n) is 7.24. The summed E-state index contributed by atoms with van der Waals surface area (Å²) in [4.78, 5) is 56.2. The van der Waals surface area contributed by atoms with Gasteiger partial charge in [0, 0.05) is 16.8 Å². The molecule has 0 N–H and O–H groups in total. The standard InChI is InChI=1S/C27H17Cl2NO5/c1-13-6-8-14(9-7-13)22-20-21(26(34)35-25(20)33)27(30(22)15-10-11-18(28)19(29)12-15)23(31)16-4-2-3-5-17(16)24(27)32/h2-12,20-22H,1H3/t20-,21+,22+/m0/s1. The highest BCUT2D eigenvalue weighted by atomic mass is 35.5. The molecule has 0 aromatic heterocycles. The fourth-order valence-corrected chi connectivity index (χ4v) is 6.09. The van der Waals surface area contributed by atoms with E-state index in [2.05, 4.69) is 0 Å². The number of rotatable bonds is 2. The number of anilines is 1. The summed E-state index contributed by atoms with van der Waals surface area (Å²) in [5.41, 5.74) is 0.469. The molecule has 2 fully saturated rings. The number of carbonyl (C=O) groups is 4. The Morgan fingerprint density at radius 3 is 2.03 bits per heavy atom. The largest absolute Gasteiger partial charge is 0.393 e. The Hall–Kier alpha value is -3.48. The molecule has 0 bridgehead atoms. The van der Waals surface area contributed by atoms with Gasteiger partial charge in [-0.25, -0.2) is 0 Å². The van der Waals surface area contributed by atoms with E-state index in [0.29, 0.717) is 16.3 Å². The Morgan fingerprint density at radius 1 is 0.800 bits per heavy atom. The van der Waals surface area contributed by atoms with E-state index in [-0.39, 0.29) is 16.1 Å². The highest BCUT2D eigenvalue weighted by Gasteiger charge is 2.76. The van der Waals surface area contributed by atoms with Crippen LogP contribution in [0.4, 0.5) is 5.69 Å². The van der Waals surface area contributed by atoms with Crippen molar-refractivity contribution in [3.63, 3.8) is 0 Å². The lowest BCUT2D eigenvalue weighted by Gasteiger charge is -2.39. The van der Waals surface area contributed by atoms with E-state index in [4.69, 9.17) is 27.9 Å². The molecule has 1 spiro atoms. The van der Waals surface area contributed by atoms with Gasteiger partial charge in [-0.3, -0.25) is 19.2 Å². The van der Waals surface area contributed by atoms with Crippen LogP contribution in [0.2, 0.25) is 10.0 Å². The Labute approximate surface area is 210 Å². The van der Waals surface area contributed by atoms with Crippen LogP contribution in [0, 0.1) is 18.8 Å². The van der Waals surface area contributed by atoms with Crippen molar-refractivity contribution in [2.24, 2.45) is 11.8 Å². The minimum Gasteiger partial charge on any atom is -0.393 e. The van der Waals surface area contributed by atoms with Gasteiger partial charge in [-0.2, -0.15) is 0 Å². The minimum absolute atomic E-state index is 0.206. The smallest absolute Gasteiger partial charge is 0.320 e. The quantitative estimate of drug-likeness (QED) is 0.360. The average Bonchev–Trinajstić information content (AvgIpc) is 3.40. The summed E-state index contributed by atoms with van der Waals surface area (Å²) in [6.45, 7) is 1.92. The van der Waals surface area contributed by atoms with Gasteiger partial charge in [0.15, 0.2) is 17.1 Å². The van der Waals surface area contributed by atoms with Crippen molar-refractivity contribution in [1.29, 1.82) is 0 Å². The average molecular weight is 506 g/mol. The van der Waals surface area contributed by atoms with E-state index < -0.39 is 46.9 Å². The molecule has 0 unspecified atom stereocenters. The van der Waals surface area contributed by atoms with Crippen molar-refractivity contribution >= 4 is 52.4 Å². The molecule has 3 aromatic rings. The maximum atomic E-state index is 14.2. The van der Waals surface area contributed by atoms with Crippen molar-refractivity contribution in [3.8, 4) is 0 Å². The molecule has 8 heteroatoms. The summed E-state index contributed by atoms with van der Waals surface area (Å²) >= 11 is 12.5. The molecule has 2 heterocycles. The molecule has 3 aromatic carbocycles. The topological polar surface area (TPSA) is 80.8 Å². The van der Waals surface area contributed by atoms with Gasteiger partial charge in [-0.15, -0.1) is 0 Å². The summed E-state index contributed by atoms with van der Waals surface area (Å²) in [5, 5.41) is 0.502. The van der Waals surface area contributed by atoms with E-state index in [9.17, 15) is 19.2 Å². The second kappa shape index (κ2) is 7.51. The van der Waals surface area contributed by atoms with Crippen molar-refractivity contribution in [1.82, 2.24) is 0 Å². The molecule has 0 amide bonds. The highest BCUT2D eigenvalue weighted by molar-refractivity contribution is 6.42. The molecule has 3 atom stereocenters. The summed E-state index contributed by atoms with van der Waals surface area (Å²) in [7, 11) is 0. The Kier molecular flexibility index (Phi) is 4.72. The number of carbonyl (C=O) groups excluding carboxylic acids is 4. The zero-order valence-electron chi connectivity index (χ0n) is 18.3. The number of esters is 2. The van der Waals surface area contributed by atoms with E-state index in [0.717, 1.165) is 5.56 Å². The molecule has 35 heavy (non-hydrogen) atoms. The lowest BCUT2D eigenvalue weighted by molar-refractivity contribution is -0.154. The number of benzene rings is 3. The lowest BCUT2D eigenvalue weighted by Crippen LogP contribution is -2.59. The number of hydrogen-bond donors (Lipinski definition) is 0. The van der Waals surface area contributed by atoms with Crippen LogP contribution in [0.1, 0.15) is 37.9 Å². The summed E-state index contributed by atoms with van der Waals surface area (Å²) < 4.78 is 5.06. The Balaban J connectivity index is 1.69. The van der Waals surface area contributed by atoms with Crippen LogP contribution in [0.5, 0.6) is 0 Å². The van der Waals surface area contributed by atoms with Crippen LogP contribution < -0.4 is 4.90 Å². The maximum absolute atomic E-state index is 14.2. The van der Waals surface area contributed by atoms with Crippen molar-refractivity contribution < 1.29 is 23.9 Å². The van der Waals surface area contributed by atoms with Crippen LogP contribution in [0.3, 0.4) is 0 Å². The third-order valence-corrected chi connectivity index (χ3v) is 7.98. The van der Waals surface area contributed by atoms with Gasteiger partial charge in [0.25, 0.3) is 0 Å². The SMILES string of the molecule is Cc1ccc([C@@H]2[C@H]3C(=O)OC(=O)[C@@H]3C3(C(=O)c4ccccc4C3=O)N2c2ccc(Cl)c(Cl)c2)cc1. The zero-order chi connectivity index (χ0) is 24.6. The second-order valence-corrected chi connectivity index (χ2v) is 9.85. The van der Waals surface area contributed by atoms with Crippen LogP contribution >= 0.6 is 23.2 Å². The van der Waals surface area contributed by atoms with Crippen LogP contribution in [0.25, 0.3) is 0 Å². The first-order valence-corrected chi connectivity index (χ1v) is 11.8. The van der Waals surface area contributed by atoms with Gasteiger partial charge in [0.2, 0.25) is 0 Å². The van der Waals surface area contributed by atoms with Gasteiger partial charge in [0.1, 0.15) is 5.92 Å². The summed E-state index contributed by atoms with van der Waals surface area (Å²) in [5.74, 6) is -5.11. The molecule has 0 saturated carbocycles. The molecule has 2 aliphatic heterocycles. The number of nitrogens with zero attached hydrogens (tertiary/aromatic N) is 1. The monoisotopic (exact) mass is 505 g/mol. The van der Waals surface area contributed by atoms with Gasteiger partial charge < -0.3 is 9.64 Å². The minimum atomic E-state index is -2.00. The predicted octanol–water partition coefficient (Wildman–Crippen LogP) is 5.00. The lowest BCUT2D eigenvalue weighted by atomic mass is 9.76. The number of hydrogen-bond acceptors (Lipinski definition) is 6. The van der Waals surface area contributed by atoms with Crippen molar-refractivity contribution in [3.05, 3.63) is 99.0 Å². The third kappa shape index (κ3) is 2.78. The number of aryl methyl sites for hydroxylation is 1. The predicted molar refractivity (Wildman–Crippen MR) is 129 cm³/mol. The second-order valence-electron chi connectivity index (χ2n) is 9.04. The van der Waals surface area contributed by atoms with Gasteiger partial charge >= 0.3 is 11.9 Å². The first-order chi connectivity index (χ1) is 16.8. The molecule has 0 radical (unpaired) electrons. The van der Waals surface area contributed by atoms with Gasteiger partial charge in [-0.05, 0) is 30.7 Å². The number of fused-ring (bicyclic) bond motifs is 3. The van der Waals surface area contributed by atoms with Crippen LogP contribution in [0.15, 0.2) is 66.7 Å². The fourth-order valence-electron chi connectivity index (χ4n) is 5.80. The first-order valence-electron chi connectivity index (χ1n) is 11.0. The molecule has 6 rings (SSSR count). The number of Topliss-reactive ketones (excluding diaryl/α,β-unsaturated/α-hetero) is 2. The van der Waals surface area contributed by atoms with Gasteiger partial charge in [0.05, 0.1) is 22.0 Å². The number of halogens is 2. The molecule has 174 valence electrons. The molecular weight excluding hydrogens is 489 g/mol. The molecule has 1 aliphatic carbocycles. The normalized spacial score (nSPS) is 24.2. The highest BCUT2D eigenvalue weighted by Crippen LogP contribution is 2.60. The van der Waals surface area contributed by atoms with Crippen molar-refractivity contribution in [2.75, 3.05) is 4.90 Å². The van der Waals surface area contributed by atoms with E-state index in [1.807, 2.05) is 31.2 Å².